The Balaban J connectivity index is 2.29. The molecule has 3 N–H and O–H groups in total. The normalized spacial score (nSPS) is 17.1. The van der Waals surface area contributed by atoms with Crippen molar-refractivity contribution < 1.29 is 17.9 Å². The van der Waals surface area contributed by atoms with Gasteiger partial charge < -0.3 is 9.64 Å². The maximum absolute atomic E-state index is 12.8. The Hall–Kier alpha value is -1.61. The highest BCUT2D eigenvalue weighted by molar-refractivity contribution is 5.45. The topological polar surface area (TPSA) is 76.3 Å². The molecule has 2 heterocycles. The van der Waals surface area contributed by atoms with E-state index in [0.717, 1.165) is 18.9 Å². The predicted molar refractivity (Wildman–Crippen MR) is 67.1 cm³/mol. The zero-order chi connectivity index (χ0) is 14.8. The number of halogens is 3. The number of nitrogens with one attached hydrogen (secondary N) is 1. The molecule has 9 heteroatoms. The fourth-order valence-corrected chi connectivity index (χ4v) is 2.08. The summed E-state index contributed by atoms with van der Waals surface area (Å²) >= 11 is 0. The van der Waals surface area contributed by atoms with Gasteiger partial charge in [0.25, 0.3) is 0 Å². The van der Waals surface area contributed by atoms with Crippen molar-refractivity contribution in [2.24, 2.45) is 5.84 Å². The van der Waals surface area contributed by atoms with Gasteiger partial charge in [-0.1, -0.05) is 0 Å². The molecule has 0 spiro atoms. The Kier molecular flexibility index (Phi) is 4.29. The molecule has 6 nitrogen and oxygen atoms in total. The van der Waals surface area contributed by atoms with Gasteiger partial charge in [-0.15, -0.1) is 0 Å². The molecule has 0 unspecified atom stereocenters. The van der Waals surface area contributed by atoms with E-state index in [1.54, 1.807) is 11.9 Å². The number of hydrogen-bond donors (Lipinski definition) is 2. The lowest BCUT2D eigenvalue weighted by atomic mass is 10.1. The van der Waals surface area contributed by atoms with Gasteiger partial charge in [0.05, 0.1) is 0 Å². The molecule has 0 amide bonds. The van der Waals surface area contributed by atoms with Crippen LogP contribution in [0.1, 0.15) is 18.5 Å². The summed E-state index contributed by atoms with van der Waals surface area (Å²) < 4.78 is 43.6. The lowest BCUT2D eigenvalue weighted by Crippen LogP contribution is -2.37. The van der Waals surface area contributed by atoms with Gasteiger partial charge in [-0.25, -0.2) is 10.8 Å². The van der Waals surface area contributed by atoms with E-state index in [9.17, 15) is 13.2 Å². The van der Waals surface area contributed by atoms with Crippen molar-refractivity contribution >= 4 is 11.8 Å². The third-order valence-electron chi connectivity index (χ3n) is 3.23. The monoisotopic (exact) mass is 291 g/mol. The Morgan fingerprint density at radius 1 is 1.35 bits per heavy atom. The molecule has 1 aliphatic heterocycles. The Morgan fingerprint density at radius 3 is 2.55 bits per heavy atom. The number of hydrazine groups is 1. The number of alkyl halides is 3. The molecule has 0 aliphatic carbocycles. The molecule has 20 heavy (non-hydrogen) atoms. The van der Waals surface area contributed by atoms with Crippen LogP contribution in [0.4, 0.5) is 24.9 Å². The van der Waals surface area contributed by atoms with Gasteiger partial charge in [-0.3, -0.25) is 5.43 Å². The van der Waals surface area contributed by atoms with Crippen LogP contribution in [0, 0.1) is 0 Å². The van der Waals surface area contributed by atoms with Crippen LogP contribution in [0.5, 0.6) is 0 Å². The van der Waals surface area contributed by atoms with Gasteiger partial charge in [-0.05, 0) is 12.8 Å². The number of rotatable bonds is 3. The first-order valence-electron chi connectivity index (χ1n) is 6.15. The van der Waals surface area contributed by atoms with Crippen molar-refractivity contribution in [2.45, 2.75) is 25.1 Å². The first-order chi connectivity index (χ1) is 9.41. The number of ether oxygens (including phenoxy) is 1. The van der Waals surface area contributed by atoms with Crippen LogP contribution in [0.15, 0.2) is 6.07 Å². The first-order valence-corrected chi connectivity index (χ1v) is 6.15. The standard InChI is InChI=1S/C11H16F3N5O/c1-19(7-2-4-20-5-3-7)9-6-8(11(12,13)14)16-10(17-9)18-15/h6-7H,2-5,15H2,1H3,(H,16,17,18). The van der Waals surface area contributed by atoms with Crippen molar-refractivity contribution in [3.8, 4) is 0 Å². The number of hydrogen-bond acceptors (Lipinski definition) is 6. The lowest BCUT2D eigenvalue weighted by Gasteiger charge is -2.32. The fraction of sp³-hybridized carbons (Fsp3) is 0.636. The first kappa shape index (κ1) is 14.8. The summed E-state index contributed by atoms with van der Waals surface area (Å²) in [7, 11) is 1.71. The SMILES string of the molecule is CN(c1cc(C(F)(F)F)nc(NN)n1)C1CCOCC1. The maximum Gasteiger partial charge on any atom is 0.433 e. The minimum Gasteiger partial charge on any atom is -0.381 e. The second-order valence-corrected chi connectivity index (χ2v) is 4.53. The van der Waals surface area contributed by atoms with Crippen LogP contribution in [0.3, 0.4) is 0 Å². The fourth-order valence-electron chi connectivity index (χ4n) is 2.08. The van der Waals surface area contributed by atoms with Gasteiger partial charge in [0.2, 0.25) is 5.95 Å². The van der Waals surface area contributed by atoms with Gasteiger partial charge in [0.15, 0.2) is 5.69 Å². The second-order valence-electron chi connectivity index (χ2n) is 4.53. The third kappa shape index (κ3) is 3.28. The van der Waals surface area contributed by atoms with Gasteiger partial charge >= 0.3 is 6.18 Å². The number of anilines is 2. The van der Waals surface area contributed by atoms with Crippen molar-refractivity contribution in [3.05, 3.63) is 11.8 Å². The van der Waals surface area contributed by atoms with Crippen LogP contribution < -0.4 is 16.2 Å². The highest BCUT2D eigenvalue weighted by Crippen LogP contribution is 2.31. The molecule has 0 saturated carbocycles. The van der Waals surface area contributed by atoms with Crippen LogP contribution >= 0.6 is 0 Å². The minimum atomic E-state index is -4.54. The van der Waals surface area contributed by atoms with Crippen LogP contribution in [0.2, 0.25) is 0 Å². The zero-order valence-electron chi connectivity index (χ0n) is 10.9. The van der Waals surface area contributed by atoms with E-state index >= 15 is 0 Å². The molecule has 0 radical (unpaired) electrons. The molecule has 1 aromatic rings. The number of nitrogen functional groups attached to an aromatic ring is 1. The van der Waals surface area contributed by atoms with Crippen molar-refractivity contribution in [3.63, 3.8) is 0 Å². The molecule has 0 aromatic carbocycles. The molecule has 1 aromatic heterocycles. The summed E-state index contributed by atoms with van der Waals surface area (Å²) in [5.74, 6) is 5.06. The van der Waals surface area contributed by atoms with Gasteiger partial charge in [0.1, 0.15) is 5.82 Å². The van der Waals surface area contributed by atoms with E-state index in [2.05, 4.69) is 15.4 Å². The molecular formula is C11H16F3N5O. The number of nitrogens with zero attached hydrogens (tertiary/aromatic N) is 3. The number of nitrogens with two attached hydrogens (primary N) is 1. The molecule has 2 rings (SSSR count). The maximum atomic E-state index is 12.8. The van der Waals surface area contributed by atoms with E-state index in [1.165, 1.54) is 0 Å². The average molecular weight is 291 g/mol. The lowest BCUT2D eigenvalue weighted by molar-refractivity contribution is -0.141. The van der Waals surface area contributed by atoms with Crippen molar-refractivity contribution in [1.29, 1.82) is 0 Å². The van der Waals surface area contributed by atoms with Crippen molar-refractivity contribution in [1.82, 2.24) is 9.97 Å². The Morgan fingerprint density at radius 2 is 2.00 bits per heavy atom. The van der Waals surface area contributed by atoms with Gasteiger partial charge in [0, 0.05) is 32.4 Å². The summed E-state index contributed by atoms with van der Waals surface area (Å²) in [5, 5.41) is 0. The minimum absolute atomic E-state index is 0.0883. The Labute approximate surface area is 114 Å². The van der Waals surface area contributed by atoms with E-state index in [1.807, 2.05) is 0 Å². The second kappa shape index (κ2) is 5.80. The highest BCUT2D eigenvalue weighted by Gasteiger charge is 2.34. The molecule has 112 valence electrons. The van der Waals surface area contributed by atoms with E-state index in [4.69, 9.17) is 10.6 Å². The van der Waals surface area contributed by atoms with E-state index in [0.29, 0.717) is 13.2 Å². The zero-order valence-corrected chi connectivity index (χ0v) is 10.9. The van der Waals surface area contributed by atoms with Gasteiger partial charge in [-0.2, -0.15) is 18.2 Å². The molecule has 1 fully saturated rings. The quantitative estimate of drug-likeness (QED) is 0.647. The molecular weight excluding hydrogens is 275 g/mol. The van der Waals surface area contributed by atoms with Crippen LogP contribution in [0.25, 0.3) is 0 Å². The molecule has 0 bridgehead atoms. The molecule has 1 aliphatic rings. The van der Waals surface area contributed by atoms with Crippen LogP contribution in [-0.2, 0) is 10.9 Å². The Bertz CT molecular complexity index is 462. The summed E-state index contributed by atoms with van der Waals surface area (Å²) in [5.41, 5.74) is 1.04. The summed E-state index contributed by atoms with van der Waals surface area (Å²) in [6.45, 7) is 1.18. The number of aromatic nitrogens is 2. The smallest absolute Gasteiger partial charge is 0.381 e. The summed E-state index contributed by atoms with van der Waals surface area (Å²) in [6, 6.07) is 1.02. The largest absolute Gasteiger partial charge is 0.433 e. The van der Waals surface area contributed by atoms with E-state index in [-0.39, 0.29) is 17.8 Å². The summed E-state index contributed by atoms with van der Waals surface area (Å²) in [4.78, 5) is 9.01. The highest BCUT2D eigenvalue weighted by atomic mass is 19.4. The van der Waals surface area contributed by atoms with E-state index < -0.39 is 11.9 Å². The third-order valence-corrected chi connectivity index (χ3v) is 3.23. The van der Waals surface area contributed by atoms with Crippen LogP contribution in [-0.4, -0.2) is 36.3 Å². The molecule has 1 saturated heterocycles. The average Bonchev–Trinajstić information content (AvgIpc) is 2.46. The molecule has 0 atom stereocenters. The predicted octanol–water partition coefficient (Wildman–Crippen LogP) is 1.40. The summed E-state index contributed by atoms with van der Waals surface area (Å²) in [6.07, 6.45) is -3.06. The van der Waals surface area contributed by atoms with Crippen molar-refractivity contribution in [2.75, 3.05) is 30.6 Å².